The predicted molar refractivity (Wildman–Crippen MR) is 118 cm³/mol. The topological polar surface area (TPSA) is 113 Å². The lowest BCUT2D eigenvalue weighted by Gasteiger charge is -2.28. The Morgan fingerprint density at radius 1 is 1.06 bits per heavy atom. The first-order valence-corrected chi connectivity index (χ1v) is 12.2. The molecule has 2 atom stereocenters. The van der Waals surface area contributed by atoms with Gasteiger partial charge in [-0.05, 0) is 24.5 Å². The summed E-state index contributed by atoms with van der Waals surface area (Å²) < 4.78 is 23.6. The van der Waals surface area contributed by atoms with Crippen molar-refractivity contribution in [1.29, 1.82) is 0 Å². The van der Waals surface area contributed by atoms with Crippen LogP contribution in [0.5, 0.6) is 0 Å². The van der Waals surface area contributed by atoms with E-state index in [2.05, 4.69) is 10.6 Å². The van der Waals surface area contributed by atoms with Gasteiger partial charge in [0.25, 0.3) is 5.91 Å². The minimum Gasteiger partial charge on any atom is -0.348 e. The van der Waals surface area contributed by atoms with Crippen LogP contribution in [0.15, 0.2) is 60.7 Å². The first kappa shape index (κ1) is 22.0. The van der Waals surface area contributed by atoms with Crippen LogP contribution in [0.25, 0.3) is 0 Å². The molecule has 2 N–H and O–H groups in total. The van der Waals surface area contributed by atoms with E-state index in [1.807, 2.05) is 36.4 Å². The monoisotopic (exact) mass is 455 g/mol. The smallest absolute Gasteiger partial charge is 0.325 e. The number of nitrogens with one attached hydrogen (secondary N) is 2. The Bertz CT molecular complexity index is 1150. The number of imide groups is 1. The number of carbonyl (C=O) groups is 3. The lowest BCUT2D eigenvalue weighted by Crippen LogP contribution is -2.51. The van der Waals surface area contributed by atoms with Crippen LogP contribution in [0.2, 0.25) is 0 Å². The van der Waals surface area contributed by atoms with Crippen molar-refractivity contribution in [3.63, 3.8) is 0 Å². The number of carbonyl (C=O) groups excluding carboxylic acids is 3. The molecular weight excluding hydrogens is 430 g/mol. The largest absolute Gasteiger partial charge is 0.348 e. The summed E-state index contributed by atoms with van der Waals surface area (Å²) in [6.07, 6.45) is 0.527. The van der Waals surface area contributed by atoms with Gasteiger partial charge in [-0.2, -0.15) is 0 Å². The maximum Gasteiger partial charge on any atom is 0.325 e. The summed E-state index contributed by atoms with van der Waals surface area (Å²) in [5, 5.41) is 5.52. The van der Waals surface area contributed by atoms with E-state index in [0.29, 0.717) is 12.0 Å². The molecule has 4 amide bonds. The zero-order valence-electron chi connectivity index (χ0n) is 17.7. The second-order valence-electron chi connectivity index (χ2n) is 8.71. The van der Waals surface area contributed by atoms with Crippen molar-refractivity contribution >= 4 is 27.7 Å². The number of urea groups is 1. The third-order valence-electron chi connectivity index (χ3n) is 6.00. The first-order valence-electron chi connectivity index (χ1n) is 10.4. The summed E-state index contributed by atoms with van der Waals surface area (Å²) in [7, 11) is -3.21. The van der Waals surface area contributed by atoms with Crippen molar-refractivity contribution in [2.24, 2.45) is 0 Å². The van der Waals surface area contributed by atoms with Crippen molar-refractivity contribution in [2.45, 2.75) is 30.8 Å². The standard InChI is InChI=1S/C23H25N3O5S/c1-22(12-13-32(30,31)16-22)24-19(27)15-26-20(28)23(25-21(26)29,18-10-6-3-7-11-18)14-17-8-4-2-5-9-17/h2-11H,12-16H2,1H3,(H,24,27)(H,25,29)/t22-,23+/m1/s1. The van der Waals surface area contributed by atoms with Crippen molar-refractivity contribution in [3.8, 4) is 0 Å². The van der Waals surface area contributed by atoms with Gasteiger partial charge in [0.1, 0.15) is 6.54 Å². The van der Waals surface area contributed by atoms with Gasteiger partial charge in [-0.3, -0.25) is 14.5 Å². The average molecular weight is 456 g/mol. The first-order chi connectivity index (χ1) is 15.1. The summed E-state index contributed by atoms with van der Waals surface area (Å²) >= 11 is 0. The van der Waals surface area contributed by atoms with E-state index in [4.69, 9.17) is 0 Å². The van der Waals surface area contributed by atoms with Crippen LogP contribution < -0.4 is 10.6 Å². The van der Waals surface area contributed by atoms with E-state index in [1.54, 1.807) is 31.2 Å². The molecule has 0 aliphatic carbocycles. The molecule has 2 aromatic rings. The van der Waals surface area contributed by atoms with Crippen molar-refractivity contribution in [3.05, 3.63) is 71.8 Å². The van der Waals surface area contributed by atoms with Crippen LogP contribution in [-0.4, -0.2) is 54.8 Å². The van der Waals surface area contributed by atoms with E-state index >= 15 is 0 Å². The van der Waals surface area contributed by atoms with Crippen molar-refractivity contribution < 1.29 is 22.8 Å². The van der Waals surface area contributed by atoms with E-state index in [-0.39, 0.29) is 17.9 Å². The molecule has 0 saturated carbocycles. The summed E-state index contributed by atoms with van der Waals surface area (Å²) in [6, 6.07) is 17.6. The second-order valence-corrected chi connectivity index (χ2v) is 10.9. The third-order valence-corrected chi connectivity index (χ3v) is 7.90. The van der Waals surface area contributed by atoms with E-state index in [9.17, 15) is 22.8 Å². The maximum atomic E-state index is 13.6. The highest BCUT2D eigenvalue weighted by Crippen LogP contribution is 2.33. The minimum absolute atomic E-state index is 0.00110. The van der Waals surface area contributed by atoms with Gasteiger partial charge in [0, 0.05) is 6.42 Å². The normalized spacial score (nSPS) is 26.7. The maximum absolute atomic E-state index is 13.6. The molecule has 8 nitrogen and oxygen atoms in total. The fraction of sp³-hybridized carbons (Fsp3) is 0.348. The number of benzene rings is 2. The Hall–Kier alpha value is -3.20. The van der Waals surface area contributed by atoms with Crippen LogP contribution in [0.3, 0.4) is 0 Å². The van der Waals surface area contributed by atoms with Gasteiger partial charge in [-0.25, -0.2) is 13.2 Å². The van der Waals surface area contributed by atoms with Gasteiger partial charge in [0.05, 0.1) is 17.0 Å². The van der Waals surface area contributed by atoms with Crippen LogP contribution >= 0.6 is 0 Å². The Kier molecular flexibility index (Phi) is 5.54. The van der Waals surface area contributed by atoms with Crippen LogP contribution in [-0.2, 0) is 31.4 Å². The average Bonchev–Trinajstić information content (AvgIpc) is 3.16. The molecule has 0 spiro atoms. The van der Waals surface area contributed by atoms with Crippen LogP contribution in [0.4, 0.5) is 4.79 Å². The number of hydrogen-bond acceptors (Lipinski definition) is 5. The Balaban J connectivity index is 1.58. The van der Waals surface area contributed by atoms with Crippen LogP contribution in [0.1, 0.15) is 24.5 Å². The highest BCUT2D eigenvalue weighted by molar-refractivity contribution is 7.91. The van der Waals surface area contributed by atoms with Gasteiger partial charge < -0.3 is 10.6 Å². The number of rotatable bonds is 6. The molecule has 2 heterocycles. The molecule has 168 valence electrons. The molecule has 9 heteroatoms. The van der Waals surface area contributed by atoms with E-state index in [0.717, 1.165) is 10.5 Å². The van der Waals surface area contributed by atoms with Crippen LogP contribution in [0, 0.1) is 0 Å². The molecule has 0 bridgehead atoms. The lowest BCUT2D eigenvalue weighted by atomic mass is 9.83. The molecular formula is C23H25N3O5S. The minimum atomic E-state index is -3.21. The predicted octanol–water partition coefficient (Wildman–Crippen LogP) is 1.37. The molecule has 2 saturated heterocycles. The SMILES string of the molecule is C[C@@]1(NC(=O)CN2C(=O)N[C@@](Cc3ccccc3)(c3ccccc3)C2=O)CCS(=O)(=O)C1. The zero-order chi connectivity index (χ0) is 23.0. The fourth-order valence-electron chi connectivity index (χ4n) is 4.44. The molecule has 2 aliphatic rings. The Morgan fingerprint density at radius 3 is 2.28 bits per heavy atom. The summed E-state index contributed by atoms with van der Waals surface area (Å²) in [5.41, 5.74) is -0.755. The molecule has 2 aliphatic heterocycles. The molecule has 0 aromatic heterocycles. The highest BCUT2D eigenvalue weighted by Gasteiger charge is 2.53. The second kappa shape index (κ2) is 8.05. The molecule has 4 rings (SSSR count). The quantitative estimate of drug-likeness (QED) is 0.639. The lowest BCUT2D eigenvalue weighted by molar-refractivity contribution is -0.135. The summed E-state index contributed by atoms with van der Waals surface area (Å²) in [6.45, 7) is 1.18. The Labute approximate surface area is 186 Å². The number of nitrogens with zero attached hydrogens (tertiary/aromatic N) is 1. The molecule has 0 unspecified atom stereocenters. The Morgan fingerprint density at radius 2 is 1.69 bits per heavy atom. The molecule has 2 fully saturated rings. The number of hydrogen-bond donors (Lipinski definition) is 2. The van der Waals surface area contributed by atoms with Gasteiger partial charge in [0.15, 0.2) is 15.4 Å². The number of sulfone groups is 1. The third kappa shape index (κ3) is 4.25. The number of amides is 4. The van der Waals surface area contributed by atoms with Gasteiger partial charge >= 0.3 is 6.03 Å². The van der Waals surface area contributed by atoms with Gasteiger partial charge in [0.2, 0.25) is 5.91 Å². The van der Waals surface area contributed by atoms with Gasteiger partial charge in [-0.1, -0.05) is 60.7 Å². The zero-order valence-corrected chi connectivity index (χ0v) is 18.5. The fourth-order valence-corrected chi connectivity index (χ4v) is 6.53. The molecule has 32 heavy (non-hydrogen) atoms. The van der Waals surface area contributed by atoms with Crippen molar-refractivity contribution in [2.75, 3.05) is 18.1 Å². The highest BCUT2D eigenvalue weighted by atomic mass is 32.2. The van der Waals surface area contributed by atoms with E-state index in [1.165, 1.54) is 0 Å². The molecule has 2 aromatic carbocycles. The summed E-state index contributed by atoms with van der Waals surface area (Å²) in [4.78, 5) is 40.0. The van der Waals surface area contributed by atoms with E-state index < -0.39 is 45.3 Å². The van der Waals surface area contributed by atoms with Crippen molar-refractivity contribution in [1.82, 2.24) is 15.5 Å². The molecule has 0 radical (unpaired) electrons. The van der Waals surface area contributed by atoms with Gasteiger partial charge in [-0.15, -0.1) is 0 Å². The summed E-state index contributed by atoms with van der Waals surface area (Å²) in [5.74, 6) is -1.25.